The summed E-state index contributed by atoms with van der Waals surface area (Å²) in [6.07, 6.45) is 9.80. The van der Waals surface area contributed by atoms with E-state index in [1.54, 1.807) is 17.3 Å². The van der Waals surface area contributed by atoms with Crippen molar-refractivity contribution in [3.05, 3.63) is 12.7 Å². The second-order valence-electron chi connectivity index (χ2n) is 4.64. The number of hydrogen-bond acceptors (Lipinski definition) is 3. The Labute approximate surface area is 131 Å². The molecule has 1 saturated carbocycles. The molecule has 0 aromatic carbocycles. The molecule has 7 heteroatoms. The van der Waals surface area contributed by atoms with E-state index in [0.29, 0.717) is 6.04 Å². The van der Waals surface area contributed by atoms with E-state index in [1.165, 1.54) is 32.1 Å². The molecule has 2 rings (SSSR count). The highest BCUT2D eigenvalue weighted by molar-refractivity contribution is 14.0. The number of rotatable bonds is 4. The Hall–Kier alpha value is -0.860. The Morgan fingerprint density at radius 3 is 2.79 bits per heavy atom. The number of hydrogen-bond donors (Lipinski definition) is 2. The van der Waals surface area contributed by atoms with Crippen molar-refractivity contribution >= 4 is 29.9 Å². The van der Waals surface area contributed by atoms with Gasteiger partial charge in [-0.3, -0.25) is 9.67 Å². The van der Waals surface area contributed by atoms with Crippen LogP contribution in [0.3, 0.4) is 0 Å². The lowest BCUT2D eigenvalue weighted by molar-refractivity contribution is 0.409. The molecule has 1 aliphatic rings. The molecule has 0 bridgehead atoms. The first-order chi connectivity index (χ1) is 8.88. The zero-order valence-electron chi connectivity index (χ0n) is 11.4. The summed E-state index contributed by atoms with van der Waals surface area (Å²) in [6, 6.07) is 0.580. The summed E-state index contributed by atoms with van der Waals surface area (Å²) in [5, 5.41) is 10.8. The first-order valence-corrected chi connectivity index (χ1v) is 6.68. The summed E-state index contributed by atoms with van der Waals surface area (Å²) in [6.45, 7) is 1.60. The molecular formula is C12H23IN6. The molecule has 2 N–H and O–H groups in total. The average Bonchev–Trinajstić information content (AvgIpc) is 2.92. The van der Waals surface area contributed by atoms with Crippen molar-refractivity contribution in [2.75, 3.05) is 13.6 Å². The molecule has 1 aliphatic carbocycles. The van der Waals surface area contributed by atoms with Crippen LogP contribution in [0, 0.1) is 0 Å². The van der Waals surface area contributed by atoms with Crippen LogP contribution in [-0.2, 0) is 6.54 Å². The largest absolute Gasteiger partial charge is 0.355 e. The molecule has 0 spiro atoms. The molecule has 0 atom stereocenters. The molecule has 6 nitrogen and oxygen atoms in total. The molecule has 0 amide bonds. The average molecular weight is 378 g/mol. The number of nitrogens with zero attached hydrogens (tertiary/aromatic N) is 4. The number of aliphatic imine (C=N–C) groups is 1. The predicted octanol–water partition coefficient (Wildman–Crippen LogP) is 1.39. The summed E-state index contributed by atoms with van der Waals surface area (Å²) in [5.74, 6) is 0.891. The first-order valence-electron chi connectivity index (χ1n) is 6.68. The van der Waals surface area contributed by atoms with Crippen LogP contribution in [0.25, 0.3) is 0 Å². The Kier molecular flexibility index (Phi) is 7.76. The molecule has 0 saturated heterocycles. The third kappa shape index (κ3) is 5.75. The minimum absolute atomic E-state index is 0. The maximum Gasteiger partial charge on any atom is 0.191 e. The van der Waals surface area contributed by atoms with Crippen LogP contribution in [0.1, 0.15) is 32.1 Å². The molecule has 0 aliphatic heterocycles. The van der Waals surface area contributed by atoms with Gasteiger partial charge in [0, 0.05) is 19.6 Å². The summed E-state index contributed by atoms with van der Waals surface area (Å²) >= 11 is 0. The van der Waals surface area contributed by atoms with Gasteiger partial charge in [0.1, 0.15) is 12.7 Å². The van der Waals surface area contributed by atoms with Gasteiger partial charge in [-0.25, -0.2) is 4.98 Å². The van der Waals surface area contributed by atoms with Crippen molar-refractivity contribution in [1.82, 2.24) is 25.4 Å². The molecule has 1 fully saturated rings. The zero-order chi connectivity index (χ0) is 12.6. The molecule has 0 unspecified atom stereocenters. The van der Waals surface area contributed by atoms with Crippen LogP contribution in [0.5, 0.6) is 0 Å². The quantitative estimate of drug-likeness (QED) is 0.472. The second-order valence-corrected chi connectivity index (χ2v) is 4.64. The minimum atomic E-state index is 0. The van der Waals surface area contributed by atoms with Crippen LogP contribution in [0.15, 0.2) is 17.6 Å². The van der Waals surface area contributed by atoms with Gasteiger partial charge in [0.05, 0.1) is 6.54 Å². The van der Waals surface area contributed by atoms with Crippen molar-refractivity contribution in [3.8, 4) is 0 Å². The molecule has 0 radical (unpaired) electrons. The summed E-state index contributed by atoms with van der Waals surface area (Å²) < 4.78 is 1.81. The molecular weight excluding hydrogens is 355 g/mol. The van der Waals surface area contributed by atoms with Gasteiger partial charge in [0.2, 0.25) is 0 Å². The third-order valence-corrected chi connectivity index (χ3v) is 3.27. The van der Waals surface area contributed by atoms with E-state index in [-0.39, 0.29) is 24.0 Å². The highest BCUT2D eigenvalue weighted by atomic mass is 127. The molecule has 1 heterocycles. The fourth-order valence-corrected chi connectivity index (χ4v) is 2.27. The first kappa shape index (κ1) is 16.2. The Morgan fingerprint density at radius 2 is 2.16 bits per heavy atom. The van der Waals surface area contributed by atoms with Crippen molar-refractivity contribution in [2.24, 2.45) is 4.99 Å². The molecule has 19 heavy (non-hydrogen) atoms. The van der Waals surface area contributed by atoms with E-state index in [4.69, 9.17) is 0 Å². The molecule has 1 aromatic heterocycles. The van der Waals surface area contributed by atoms with Gasteiger partial charge < -0.3 is 10.6 Å². The zero-order valence-corrected chi connectivity index (χ0v) is 13.7. The van der Waals surface area contributed by atoms with E-state index in [0.717, 1.165) is 19.0 Å². The lowest BCUT2D eigenvalue weighted by atomic mass is 9.96. The molecule has 1 aromatic rings. The van der Waals surface area contributed by atoms with Gasteiger partial charge in [-0.2, -0.15) is 5.10 Å². The third-order valence-electron chi connectivity index (χ3n) is 3.27. The summed E-state index contributed by atoms with van der Waals surface area (Å²) in [5.41, 5.74) is 0. The summed E-state index contributed by atoms with van der Waals surface area (Å²) in [7, 11) is 1.81. The second kappa shape index (κ2) is 9.11. The van der Waals surface area contributed by atoms with Crippen LogP contribution < -0.4 is 10.6 Å². The van der Waals surface area contributed by atoms with Crippen LogP contribution in [0.2, 0.25) is 0 Å². The fraction of sp³-hybridized carbons (Fsp3) is 0.750. The van der Waals surface area contributed by atoms with Gasteiger partial charge in [-0.1, -0.05) is 19.3 Å². The van der Waals surface area contributed by atoms with Gasteiger partial charge in [-0.05, 0) is 12.8 Å². The van der Waals surface area contributed by atoms with Crippen LogP contribution >= 0.6 is 24.0 Å². The fourth-order valence-electron chi connectivity index (χ4n) is 2.27. The van der Waals surface area contributed by atoms with Crippen molar-refractivity contribution in [2.45, 2.75) is 44.7 Å². The van der Waals surface area contributed by atoms with Crippen LogP contribution in [-0.4, -0.2) is 40.4 Å². The van der Waals surface area contributed by atoms with Crippen LogP contribution in [0.4, 0.5) is 0 Å². The van der Waals surface area contributed by atoms with Crippen molar-refractivity contribution in [1.29, 1.82) is 0 Å². The standard InChI is InChI=1S/C12H22N6.HI/c1-13-12(17-11-5-3-2-4-6-11)15-7-8-18-10-14-9-16-18;/h9-11H,2-8H2,1H3,(H2,13,15,17);1H. The van der Waals surface area contributed by atoms with E-state index >= 15 is 0 Å². The van der Waals surface area contributed by atoms with E-state index in [1.807, 2.05) is 7.05 Å². The maximum atomic E-state index is 4.25. The van der Waals surface area contributed by atoms with E-state index in [9.17, 15) is 0 Å². The van der Waals surface area contributed by atoms with Gasteiger partial charge in [0.15, 0.2) is 5.96 Å². The summed E-state index contributed by atoms with van der Waals surface area (Å²) in [4.78, 5) is 8.16. The SMILES string of the molecule is CN=C(NCCn1cncn1)NC1CCCCC1.I. The maximum absolute atomic E-state index is 4.25. The normalized spacial score (nSPS) is 16.8. The highest BCUT2D eigenvalue weighted by Crippen LogP contribution is 2.17. The topological polar surface area (TPSA) is 67.1 Å². The number of aromatic nitrogens is 3. The van der Waals surface area contributed by atoms with Crippen molar-refractivity contribution < 1.29 is 0 Å². The highest BCUT2D eigenvalue weighted by Gasteiger charge is 2.13. The number of guanidine groups is 1. The monoisotopic (exact) mass is 378 g/mol. The number of halogens is 1. The van der Waals surface area contributed by atoms with Crippen molar-refractivity contribution in [3.63, 3.8) is 0 Å². The minimum Gasteiger partial charge on any atom is -0.355 e. The predicted molar refractivity (Wildman–Crippen MR) is 86.8 cm³/mol. The lowest BCUT2D eigenvalue weighted by Crippen LogP contribution is -2.45. The Morgan fingerprint density at radius 1 is 1.37 bits per heavy atom. The molecule has 108 valence electrons. The lowest BCUT2D eigenvalue weighted by Gasteiger charge is -2.24. The Balaban J connectivity index is 0.00000180. The Bertz CT molecular complexity index is 358. The number of nitrogens with one attached hydrogen (secondary N) is 2. The smallest absolute Gasteiger partial charge is 0.191 e. The van der Waals surface area contributed by atoms with E-state index < -0.39 is 0 Å². The van der Waals surface area contributed by atoms with Gasteiger partial charge >= 0.3 is 0 Å². The van der Waals surface area contributed by atoms with Gasteiger partial charge in [-0.15, -0.1) is 24.0 Å². The van der Waals surface area contributed by atoms with E-state index in [2.05, 4.69) is 25.7 Å². The van der Waals surface area contributed by atoms with Gasteiger partial charge in [0.25, 0.3) is 0 Å².